The quantitative estimate of drug-likeness (QED) is 0.528. The second-order valence-electron chi connectivity index (χ2n) is 5.14. The maximum Gasteiger partial charge on any atom is 0.496 e. The molecule has 0 fully saturated rings. The highest BCUT2D eigenvalue weighted by molar-refractivity contribution is 7.00. The van der Waals surface area contributed by atoms with Crippen molar-refractivity contribution in [3.8, 4) is 0 Å². The molecule has 0 aliphatic heterocycles. The molecule has 15 heteroatoms. The SMILES string of the molecule is COB(OC)c1c(C(F)(F)F)c(C(F)(F)F)c(B(OC)OC)c2nsnc12. The van der Waals surface area contributed by atoms with Crippen LogP contribution in [-0.2, 0) is 31.0 Å². The molecule has 0 N–H and O–H groups in total. The number of halogens is 6. The van der Waals surface area contributed by atoms with Crippen LogP contribution in [0.1, 0.15) is 11.1 Å². The number of hydrogen-bond acceptors (Lipinski definition) is 7. The normalized spacial score (nSPS) is 12.7. The van der Waals surface area contributed by atoms with E-state index < -0.39 is 59.7 Å². The van der Waals surface area contributed by atoms with Gasteiger partial charge in [-0.25, -0.2) is 0 Å². The van der Waals surface area contributed by atoms with Crippen LogP contribution in [0.15, 0.2) is 0 Å². The van der Waals surface area contributed by atoms with Crippen molar-refractivity contribution >= 4 is 47.9 Å². The monoisotopic (exact) mass is 416 g/mol. The van der Waals surface area contributed by atoms with Gasteiger partial charge in [0.2, 0.25) is 0 Å². The average molecular weight is 416 g/mol. The van der Waals surface area contributed by atoms with Gasteiger partial charge in [-0.1, -0.05) is 0 Å². The fraction of sp³-hybridized carbons (Fsp3) is 0.500. The maximum atomic E-state index is 13.8. The first-order chi connectivity index (χ1) is 12.5. The molecule has 0 spiro atoms. The highest BCUT2D eigenvalue weighted by Crippen LogP contribution is 2.40. The summed E-state index contributed by atoms with van der Waals surface area (Å²) in [6.45, 7) is 0. The summed E-state index contributed by atoms with van der Waals surface area (Å²) in [6, 6.07) is 0. The molecule has 2 aromatic rings. The molecule has 0 aliphatic rings. The Morgan fingerprint density at radius 2 is 0.963 bits per heavy atom. The predicted molar refractivity (Wildman–Crippen MR) is 86.2 cm³/mol. The Labute approximate surface area is 154 Å². The van der Waals surface area contributed by atoms with Crippen molar-refractivity contribution in [1.29, 1.82) is 0 Å². The lowest BCUT2D eigenvalue weighted by molar-refractivity contribution is -0.160. The van der Waals surface area contributed by atoms with E-state index in [0.717, 1.165) is 28.4 Å². The van der Waals surface area contributed by atoms with Crippen LogP contribution in [0.4, 0.5) is 26.3 Å². The first-order valence-electron chi connectivity index (χ1n) is 7.10. The van der Waals surface area contributed by atoms with Gasteiger partial charge in [0.25, 0.3) is 0 Å². The minimum atomic E-state index is -5.41. The Kier molecular flexibility index (Phi) is 6.41. The molecular formula is C12H12B2F6N2O4S. The van der Waals surface area contributed by atoms with Gasteiger partial charge in [-0.15, -0.1) is 0 Å². The van der Waals surface area contributed by atoms with E-state index in [-0.39, 0.29) is 0 Å². The number of aromatic nitrogens is 2. The lowest BCUT2D eigenvalue weighted by Crippen LogP contribution is -2.48. The highest BCUT2D eigenvalue weighted by atomic mass is 32.1. The number of rotatable bonds is 6. The fourth-order valence-electron chi connectivity index (χ4n) is 2.76. The van der Waals surface area contributed by atoms with E-state index in [2.05, 4.69) is 8.75 Å². The average Bonchev–Trinajstić information content (AvgIpc) is 3.05. The number of benzene rings is 1. The summed E-state index contributed by atoms with van der Waals surface area (Å²) in [4.78, 5) is 0. The predicted octanol–water partition coefficient (Wildman–Crippen LogP) is 1.70. The molecule has 0 saturated heterocycles. The number of alkyl halides is 6. The van der Waals surface area contributed by atoms with Crippen molar-refractivity contribution in [2.75, 3.05) is 28.4 Å². The molecule has 0 bridgehead atoms. The zero-order chi connectivity index (χ0) is 20.6. The third-order valence-corrected chi connectivity index (χ3v) is 4.21. The van der Waals surface area contributed by atoms with Gasteiger partial charge in [0, 0.05) is 39.4 Å². The second kappa shape index (κ2) is 7.91. The van der Waals surface area contributed by atoms with E-state index in [1.165, 1.54) is 0 Å². The van der Waals surface area contributed by atoms with E-state index in [1.807, 2.05) is 0 Å². The van der Waals surface area contributed by atoms with Gasteiger partial charge >= 0.3 is 26.6 Å². The van der Waals surface area contributed by atoms with Gasteiger partial charge in [0.15, 0.2) is 0 Å². The van der Waals surface area contributed by atoms with Crippen molar-refractivity contribution < 1.29 is 45.0 Å². The van der Waals surface area contributed by atoms with Gasteiger partial charge in [-0.05, 0) is 0 Å². The molecule has 1 heterocycles. The molecule has 0 saturated carbocycles. The zero-order valence-corrected chi connectivity index (χ0v) is 15.2. The molecule has 6 nitrogen and oxygen atoms in total. The summed E-state index contributed by atoms with van der Waals surface area (Å²) in [6.07, 6.45) is -10.8. The molecule has 1 aromatic carbocycles. The third-order valence-electron chi connectivity index (χ3n) is 3.68. The Morgan fingerprint density at radius 3 is 1.19 bits per heavy atom. The fourth-order valence-corrected chi connectivity index (χ4v) is 3.33. The summed E-state index contributed by atoms with van der Waals surface area (Å²) < 4.78 is 110. The topological polar surface area (TPSA) is 62.7 Å². The first kappa shape index (κ1) is 21.9. The lowest BCUT2D eigenvalue weighted by atomic mass is 9.66. The molecule has 27 heavy (non-hydrogen) atoms. The smallest absolute Gasteiger partial charge is 0.410 e. The molecule has 0 amide bonds. The minimum Gasteiger partial charge on any atom is -0.410 e. The Bertz CT molecular complexity index is 744. The third kappa shape index (κ3) is 3.92. The zero-order valence-electron chi connectivity index (χ0n) is 14.4. The van der Waals surface area contributed by atoms with Crippen LogP contribution in [0.2, 0.25) is 0 Å². The number of hydrogen-bond donors (Lipinski definition) is 0. The van der Waals surface area contributed by atoms with E-state index in [1.54, 1.807) is 0 Å². The standard InChI is InChI=1S/C12H12B2F6N2O4S/c1-23-13(24-2)7-5(11(15,16)17)6(12(18,19)20)8(14(25-3)26-4)10-9(7)21-27-22-10/h1-4H3. The molecular weight excluding hydrogens is 404 g/mol. The van der Waals surface area contributed by atoms with Gasteiger partial charge in [-0.3, -0.25) is 0 Å². The summed E-state index contributed by atoms with van der Waals surface area (Å²) in [7, 11) is 0.462. The van der Waals surface area contributed by atoms with Crippen molar-refractivity contribution in [3.63, 3.8) is 0 Å². The Balaban J connectivity index is 3.16. The Hall–Kier alpha value is -1.41. The van der Waals surface area contributed by atoms with Crippen LogP contribution < -0.4 is 10.9 Å². The molecule has 0 unspecified atom stereocenters. The summed E-state index contributed by atoms with van der Waals surface area (Å²) in [5.74, 6) is 0. The van der Waals surface area contributed by atoms with Crippen molar-refractivity contribution in [2.45, 2.75) is 12.4 Å². The van der Waals surface area contributed by atoms with Gasteiger partial charge in [0.1, 0.15) is 11.0 Å². The van der Waals surface area contributed by atoms with Crippen LogP contribution in [0.5, 0.6) is 0 Å². The summed E-state index contributed by atoms with van der Waals surface area (Å²) in [5.41, 5.74) is -6.70. The largest absolute Gasteiger partial charge is 0.496 e. The highest BCUT2D eigenvalue weighted by Gasteiger charge is 2.52. The van der Waals surface area contributed by atoms with Gasteiger partial charge < -0.3 is 18.6 Å². The number of nitrogens with zero attached hydrogens (tertiary/aromatic N) is 2. The van der Waals surface area contributed by atoms with E-state index in [4.69, 9.17) is 18.6 Å². The van der Waals surface area contributed by atoms with E-state index >= 15 is 0 Å². The van der Waals surface area contributed by atoms with Crippen molar-refractivity contribution in [1.82, 2.24) is 8.75 Å². The van der Waals surface area contributed by atoms with Crippen molar-refractivity contribution in [3.05, 3.63) is 11.1 Å². The molecule has 1 aromatic heterocycles. The van der Waals surface area contributed by atoms with E-state index in [9.17, 15) is 26.3 Å². The summed E-state index contributed by atoms with van der Waals surface area (Å²) in [5, 5.41) is 0. The first-order valence-corrected chi connectivity index (χ1v) is 7.83. The van der Waals surface area contributed by atoms with Crippen LogP contribution in [-0.4, -0.2) is 51.4 Å². The molecule has 148 valence electrons. The molecule has 0 aliphatic carbocycles. The number of fused-ring (bicyclic) bond motifs is 1. The molecule has 2 rings (SSSR count). The van der Waals surface area contributed by atoms with Crippen LogP contribution in [0, 0.1) is 0 Å². The van der Waals surface area contributed by atoms with Crippen LogP contribution >= 0.6 is 11.7 Å². The van der Waals surface area contributed by atoms with Crippen molar-refractivity contribution in [2.24, 2.45) is 0 Å². The molecule has 0 atom stereocenters. The van der Waals surface area contributed by atoms with Gasteiger partial charge in [0.05, 0.1) is 22.9 Å². The van der Waals surface area contributed by atoms with Gasteiger partial charge in [-0.2, -0.15) is 35.1 Å². The van der Waals surface area contributed by atoms with Crippen LogP contribution in [0.25, 0.3) is 11.0 Å². The molecule has 0 radical (unpaired) electrons. The van der Waals surface area contributed by atoms with Crippen LogP contribution in [0.3, 0.4) is 0 Å². The lowest BCUT2D eigenvalue weighted by Gasteiger charge is -2.25. The Morgan fingerprint density at radius 1 is 0.667 bits per heavy atom. The second-order valence-corrected chi connectivity index (χ2v) is 5.67. The minimum absolute atomic E-state index is 0.440. The van der Waals surface area contributed by atoms with E-state index in [0.29, 0.717) is 11.7 Å². The maximum absolute atomic E-state index is 13.8. The summed E-state index contributed by atoms with van der Waals surface area (Å²) >= 11 is 0.440.